The molecule has 5 nitrogen and oxygen atoms in total. The fourth-order valence-electron chi connectivity index (χ4n) is 4.16. The van der Waals surface area contributed by atoms with Gasteiger partial charge in [-0.05, 0) is 56.9 Å². The third-order valence-electron chi connectivity index (χ3n) is 5.74. The number of allylic oxidation sites excluding steroid dienone is 4. The molecule has 0 bridgehead atoms. The summed E-state index contributed by atoms with van der Waals surface area (Å²) in [5.74, 6) is 1.20. The molecule has 3 heterocycles. The number of fused-ring (bicyclic) bond motifs is 3. The van der Waals surface area contributed by atoms with Gasteiger partial charge in [0.05, 0.1) is 27.6 Å². The predicted molar refractivity (Wildman–Crippen MR) is 137 cm³/mol. The average Bonchev–Trinajstić information content (AvgIpc) is 3.22. The molecule has 32 heavy (non-hydrogen) atoms. The zero-order valence-electron chi connectivity index (χ0n) is 20.3. The molecule has 0 aliphatic rings. The maximum atomic E-state index is 6.92. The van der Waals surface area contributed by atoms with Crippen LogP contribution in [0, 0.1) is 12.8 Å². The number of halogens is 1. The highest BCUT2D eigenvalue weighted by Crippen LogP contribution is 2.34. The van der Waals surface area contributed by atoms with E-state index in [-0.39, 0.29) is 0 Å². The molecule has 0 saturated carbocycles. The molecular formula is C26H36ClN5. The van der Waals surface area contributed by atoms with Crippen LogP contribution in [0.3, 0.4) is 0 Å². The van der Waals surface area contributed by atoms with Gasteiger partial charge in [-0.3, -0.25) is 13.9 Å². The molecule has 0 unspecified atom stereocenters. The fourth-order valence-corrected chi connectivity index (χ4v) is 4.66. The number of aryl methyl sites for hydroxylation is 1. The van der Waals surface area contributed by atoms with Crippen LogP contribution in [0.1, 0.15) is 58.8 Å². The van der Waals surface area contributed by atoms with E-state index in [1.54, 1.807) is 0 Å². The molecule has 3 aromatic heterocycles. The Balaban J connectivity index is 2.34. The Morgan fingerprint density at radius 1 is 1.31 bits per heavy atom. The van der Waals surface area contributed by atoms with Crippen molar-refractivity contribution in [2.75, 3.05) is 13.1 Å². The summed E-state index contributed by atoms with van der Waals surface area (Å²) < 4.78 is 4.40. The van der Waals surface area contributed by atoms with Crippen LogP contribution in [-0.2, 0) is 6.54 Å². The van der Waals surface area contributed by atoms with Crippen molar-refractivity contribution in [3.63, 3.8) is 0 Å². The molecule has 0 N–H and O–H groups in total. The molecule has 0 saturated heterocycles. The van der Waals surface area contributed by atoms with Gasteiger partial charge < -0.3 is 0 Å². The van der Waals surface area contributed by atoms with E-state index in [4.69, 9.17) is 21.6 Å². The molecule has 0 atom stereocenters. The average molecular weight is 454 g/mol. The van der Waals surface area contributed by atoms with Crippen molar-refractivity contribution < 1.29 is 0 Å². The maximum Gasteiger partial charge on any atom is 0.221 e. The van der Waals surface area contributed by atoms with E-state index in [2.05, 4.69) is 74.1 Å². The lowest BCUT2D eigenvalue weighted by Crippen LogP contribution is -2.25. The molecular weight excluding hydrogens is 418 g/mol. The molecule has 0 amide bonds. The first-order valence-electron chi connectivity index (χ1n) is 11.6. The van der Waals surface area contributed by atoms with Crippen LogP contribution < -0.4 is 0 Å². The third-order valence-corrected chi connectivity index (χ3v) is 6.04. The van der Waals surface area contributed by atoms with Crippen LogP contribution >= 0.6 is 11.6 Å². The Hall–Kier alpha value is -2.37. The summed E-state index contributed by atoms with van der Waals surface area (Å²) in [6, 6.07) is 4.10. The molecule has 3 aromatic rings. The highest BCUT2D eigenvalue weighted by Gasteiger charge is 2.24. The summed E-state index contributed by atoms with van der Waals surface area (Å²) in [5.41, 5.74) is 6.32. The van der Waals surface area contributed by atoms with Crippen LogP contribution in [-0.4, -0.2) is 36.9 Å². The van der Waals surface area contributed by atoms with E-state index in [0.717, 1.165) is 65.8 Å². The Labute approximate surface area is 197 Å². The number of imidazole rings is 2. The van der Waals surface area contributed by atoms with Crippen LogP contribution in [0.4, 0.5) is 0 Å². The van der Waals surface area contributed by atoms with Crippen LogP contribution in [0.5, 0.6) is 0 Å². The Morgan fingerprint density at radius 3 is 2.69 bits per heavy atom. The number of hydrogen-bond acceptors (Lipinski definition) is 3. The van der Waals surface area contributed by atoms with Crippen LogP contribution in [0.15, 0.2) is 47.7 Å². The first-order chi connectivity index (χ1) is 15.3. The molecule has 0 radical (unpaired) electrons. The van der Waals surface area contributed by atoms with Gasteiger partial charge in [-0.1, -0.05) is 51.4 Å². The van der Waals surface area contributed by atoms with Crippen molar-refractivity contribution in [1.29, 1.82) is 0 Å². The zero-order valence-corrected chi connectivity index (χ0v) is 21.1. The summed E-state index contributed by atoms with van der Waals surface area (Å²) in [5, 5.41) is 0.742. The first kappa shape index (κ1) is 24.3. The third kappa shape index (κ3) is 4.69. The first-order valence-corrected chi connectivity index (χ1v) is 12.0. The van der Waals surface area contributed by atoms with Crippen LogP contribution in [0.25, 0.3) is 22.6 Å². The minimum absolute atomic E-state index is 0.339. The van der Waals surface area contributed by atoms with E-state index in [0.29, 0.717) is 5.92 Å². The Morgan fingerprint density at radius 2 is 2.06 bits per heavy atom. The monoisotopic (exact) mass is 453 g/mol. The van der Waals surface area contributed by atoms with Gasteiger partial charge in [-0.15, -0.1) is 6.58 Å². The molecule has 6 heteroatoms. The second-order valence-electron chi connectivity index (χ2n) is 8.73. The van der Waals surface area contributed by atoms with Gasteiger partial charge >= 0.3 is 0 Å². The molecule has 0 spiro atoms. The molecule has 0 aromatic carbocycles. The minimum Gasteiger partial charge on any atom is -0.294 e. The summed E-state index contributed by atoms with van der Waals surface area (Å²) in [7, 11) is 0. The SMILES string of the molecule is C=CCN(CCC)Cc1c(C)nc2n(C(=C(/C)CC)/C(Cl)=C\C(C)C)c3ncccc3n12. The Bertz CT molecular complexity index is 1160. The van der Waals surface area contributed by atoms with Crippen molar-refractivity contribution >= 4 is 34.2 Å². The summed E-state index contributed by atoms with van der Waals surface area (Å²) >= 11 is 6.92. The summed E-state index contributed by atoms with van der Waals surface area (Å²) in [6.45, 7) is 19.5. The van der Waals surface area contributed by atoms with E-state index >= 15 is 0 Å². The van der Waals surface area contributed by atoms with Crippen molar-refractivity contribution in [3.05, 3.63) is 59.1 Å². The lowest BCUT2D eigenvalue weighted by atomic mass is 10.1. The standard InChI is InChI=1S/C26H36ClN5/c1-8-14-30(15-9-2)17-23-20(7)29-26-31(23)22-12-11-13-28-25(22)32(26)24(19(6)10-3)21(27)16-18(4)5/h8,11-13,16,18H,1,9-10,14-15,17H2,2-7H3/b21-16+,24-19-. The highest BCUT2D eigenvalue weighted by atomic mass is 35.5. The van der Waals surface area contributed by atoms with Crippen molar-refractivity contribution in [1.82, 2.24) is 23.8 Å². The summed E-state index contributed by atoms with van der Waals surface area (Å²) in [6.07, 6.45) is 7.90. The van der Waals surface area contributed by atoms with Gasteiger partial charge in [-0.2, -0.15) is 0 Å². The van der Waals surface area contributed by atoms with Gasteiger partial charge in [0, 0.05) is 19.3 Å². The van der Waals surface area contributed by atoms with E-state index in [1.165, 1.54) is 11.3 Å². The quantitative estimate of drug-likeness (QED) is 0.250. The van der Waals surface area contributed by atoms with E-state index in [1.807, 2.05) is 18.3 Å². The number of hydrogen-bond donors (Lipinski definition) is 0. The molecule has 172 valence electrons. The summed E-state index contributed by atoms with van der Waals surface area (Å²) in [4.78, 5) is 12.2. The minimum atomic E-state index is 0.339. The van der Waals surface area contributed by atoms with Gasteiger partial charge in [0.2, 0.25) is 5.78 Å². The van der Waals surface area contributed by atoms with E-state index < -0.39 is 0 Å². The largest absolute Gasteiger partial charge is 0.294 e. The predicted octanol–water partition coefficient (Wildman–Crippen LogP) is 6.81. The Kier molecular flexibility index (Phi) is 7.96. The normalized spacial score (nSPS) is 13.6. The topological polar surface area (TPSA) is 38.4 Å². The van der Waals surface area contributed by atoms with Crippen molar-refractivity contribution in [3.8, 4) is 0 Å². The van der Waals surface area contributed by atoms with Gasteiger partial charge in [0.1, 0.15) is 0 Å². The smallest absolute Gasteiger partial charge is 0.221 e. The van der Waals surface area contributed by atoms with E-state index in [9.17, 15) is 0 Å². The highest BCUT2D eigenvalue weighted by molar-refractivity contribution is 6.36. The number of pyridine rings is 1. The number of nitrogens with zero attached hydrogens (tertiary/aromatic N) is 5. The molecule has 0 fully saturated rings. The second-order valence-corrected chi connectivity index (χ2v) is 9.13. The van der Waals surface area contributed by atoms with Gasteiger partial charge in [0.15, 0.2) is 5.65 Å². The molecule has 3 rings (SSSR count). The lowest BCUT2D eigenvalue weighted by molar-refractivity contribution is 0.290. The van der Waals surface area contributed by atoms with Crippen molar-refractivity contribution in [2.45, 2.75) is 60.9 Å². The van der Waals surface area contributed by atoms with Gasteiger partial charge in [0.25, 0.3) is 0 Å². The number of aromatic nitrogens is 4. The molecule has 0 aliphatic heterocycles. The maximum absolute atomic E-state index is 6.92. The number of rotatable bonds is 10. The second kappa shape index (κ2) is 10.5. The van der Waals surface area contributed by atoms with Crippen molar-refractivity contribution in [2.24, 2.45) is 5.92 Å². The zero-order chi connectivity index (χ0) is 23.4. The van der Waals surface area contributed by atoms with Gasteiger partial charge in [-0.25, -0.2) is 9.97 Å². The fraction of sp³-hybridized carbons (Fsp3) is 0.462. The molecule has 0 aliphatic carbocycles. The lowest BCUT2D eigenvalue weighted by Gasteiger charge is -2.19. The van der Waals surface area contributed by atoms with Crippen LogP contribution in [0.2, 0.25) is 0 Å².